The molecule has 0 saturated carbocycles. The van der Waals surface area contributed by atoms with E-state index in [0.29, 0.717) is 18.0 Å². The first-order valence-electron chi connectivity index (χ1n) is 7.04. The van der Waals surface area contributed by atoms with Crippen molar-refractivity contribution in [3.05, 3.63) is 18.0 Å². The maximum atomic E-state index is 4.73. The van der Waals surface area contributed by atoms with E-state index < -0.39 is 0 Å². The van der Waals surface area contributed by atoms with Gasteiger partial charge in [-0.25, -0.2) is 9.97 Å². The van der Waals surface area contributed by atoms with Crippen LogP contribution in [0, 0.1) is 0 Å². The van der Waals surface area contributed by atoms with E-state index in [4.69, 9.17) is 4.98 Å². The number of nitrogens with one attached hydrogen (secondary N) is 1. The summed E-state index contributed by atoms with van der Waals surface area (Å²) < 4.78 is 2.13. The lowest BCUT2D eigenvalue weighted by Gasteiger charge is -2.14. The van der Waals surface area contributed by atoms with E-state index in [1.54, 1.807) is 0 Å². The third-order valence-electron chi connectivity index (χ3n) is 3.17. The Labute approximate surface area is 115 Å². The molecule has 0 aliphatic heterocycles. The zero-order valence-corrected chi connectivity index (χ0v) is 12.7. The van der Waals surface area contributed by atoms with Crippen LogP contribution in [0.4, 0.5) is 5.82 Å². The molecule has 0 aromatic carbocycles. The Balaban J connectivity index is 2.64. The van der Waals surface area contributed by atoms with Crippen molar-refractivity contribution in [1.82, 2.24) is 14.5 Å². The van der Waals surface area contributed by atoms with Crippen molar-refractivity contribution < 1.29 is 0 Å². The van der Waals surface area contributed by atoms with Gasteiger partial charge >= 0.3 is 0 Å². The second kappa shape index (κ2) is 5.19. The van der Waals surface area contributed by atoms with Crippen molar-refractivity contribution in [1.29, 1.82) is 0 Å². The van der Waals surface area contributed by atoms with E-state index in [1.807, 2.05) is 6.33 Å². The van der Waals surface area contributed by atoms with Crippen molar-refractivity contribution in [3.8, 4) is 0 Å². The van der Waals surface area contributed by atoms with Gasteiger partial charge in [-0.15, -0.1) is 0 Å². The Hall–Kier alpha value is -1.58. The summed E-state index contributed by atoms with van der Waals surface area (Å²) in [6, 6.07) is 2.87. The van der Waals surface area contributed by atoms with E-state index in [1.165, 1.54) is 5.56 Å². The Morgan fingerprint density at radius 2 is 1.79 bits per heavy atom. The average Bonchev–Trinajstić information content (AvgIpc) is 2.70. The van der Waals surface area contributed by atoms with Gasteiger partial charge < -0.3 is 9.88 Å². The topological polar surface area (TPSA) is 42.7 Å². The van der Waals surface area contributed by atoms with Crippen LogP contribution in [-0.2, 0) is 0 Å². The summed E-state index contributed by atoms with van der Waals surface area (Å²) >= 11 is 0. The minimum atomic E-state index is 0.367. The molecule has 0 saturated heterocycles. The number of pyridine rings is 1. The first-order valence-corrected chi connectivity index (χ1v) is 7.04. The summed E-state index contributed by atoms with van der Waals surface area (Å²) in [6.07, 6.45) is 1.90. The molecule has 2 aromatic heterocycles. The SMILES string of the molecule is CC(C)Nc1cc(C(C)C)c2ncn(C(C)C)c2n1. The molecule has 0 unspecified atom stereocenters. The van der Waals surface area contributed by atoms with Gasteiger partial charge in [-0.2, -0.15) is 0 Å². The molecule has 2 aromatic rings. The summed E-state index contributed by atoms with van der Waals surface area (Å²) in [6.45, 7) is 13.0. The highest BCUT2D eigenvalue weighted by Gasteiger charge is 2.15. The monoisotopic (exact) mass is 260 g/mol. The van der Waals surface area contributed by atoms with Gasteiger partial charge in [0.25, 0.3) is 0 Å². The molecule has 0 bridgehead atoms. The molecule has 0 fully saturated rings. The van der Waals surface area contributed by atoms with Crippen molar-refractivity contribution in [2.75, 3.05) is 5.32 Å². The van der Waals surface area contributed by atoms with E-state index >= 15 is 0 Å². The van der Waals surface area contributed by atoms with Crippen LogP contribution in [0.5, 0.6) is 0 Å². The third kappa shape index (κ3) is 2.72. The Kier molecular flexibility index (Phi) is 3.78. The molecule has 1 N–H and O–H groups in total. The highest BCUT2D eigenvalue weighted by molar-refractivity contribution is 5.78. The molecule has 0 spiro atoms. The number of hydrogen-bond acceptors (Lipinski definition) is 3. The standard InChI is InChI=1S/C15H24N4/c1-9(2)12-7-13(17-10(3)4)18-15-14(12)16-8-19(15)11(5)6/h7-11H,1-6H3,(H,17,18). The number of fused-ring (bicyclic) bond motifs is 1. The fraction of sp³-hybridized carbons (Fsp3) is 0.600. The Morgan fingerprint density at radius 3 is 2.32 bits per heavy atom. The molecule has 2 rings (SSSR count). The molecular weight excluding hydrogens is 236 g/mol. The summed E-state index contributed by atoms with van der Waals surface area (Å²) in [5.74, 6) is 1.38. The lowest BCUT2D eigenvalue weighted by molar-refractivity contribution is 0.613. The van der Waals surface area contributed by atoms with Crippen LogP contribution >= 0.6 is 0 Å². The van der Waals surface area contributed by atoms with Crippen molar-refractivity contribution in [2.45, 2.75) is 59.5 Å². The molecule has 2 heterocycles. The van der Waals surface area contributed by atoms with Gasteiger partial charge in [0.2, 0.25) is 0 Å². The zero-order chi connectivity index (χ0) is 14.2. The van der Waals surface area contributed by atoms with Gasteiger partial charge in [-0.1, -0.05) is 13.8 Å². The normalized spacial score (nSPS) is 12.1. The fourth-order valence-corrected chi connectivity index (χ4v) is 2.22. The Bertz CT molecular complexity index is 567. The van der Waals surface area contributed by atoms with Gasteiger partial charge in [-0.3, -0.25) is 0 Å². The molecule has 4 nitrogen and oxygen atoms in total. The smallest absolute Gasteiger partial charge is 0.162 e. The van der Waals surface area contributed by atoms with Crippen LogP contribution in [0.25, 0.3) is 11.2 Å². The molecule has 104 valence electrons. The van der Waals surface area contributed by atoms with Gasteiger partial charge in [0, 0.05) is 12.1 Å². The second-order valence-electron chi connectivity index (χ2n) is 5.97. The van der Waals surface area contributed by atoms with Crippen molar-refractivity contribution in [2.24, 2.45) is 0 Å². The number of anilines is 1. The predicted octanol–water partition coefficient (Wildman–Crippen LogP) is 3.96. The van der Waals surface area contributed by atoms with Crippen LogP contribution in [-0.4, -0.2) is 20.6 Å². The van der Waals surface area contributed by atoms with E-state index in [2.05, 4.69) is 62.5 Å². The first kappa shape index (κ1) is 13.8. The van der Waals surface area contributed by atoms with Crippen LogP contribution in [0.15, 0.2) is 12.4 Å². The number of aromatic nitrogens is 3. The fourth-order valence-electron chi connectivity index (χ4n) is 2.22. The minimum absolute atomic E-state index is 0.367. The highest BCUT2D eigenvalue weighted by atomic mass is 15.1. The van der Waals surface area contributed by atoms with Gasteiger partial charge in [0.1, 0.15) is 11.3 Å². The summed E-state index contributed by atoms with van der Waals surface area (Å²) in [7, 11) is 0. The second-order valence-corrected chi connectivity index (χ2v) is 5.97. The van der Waals surface area contributed by atoms with Gasteiger partial charge in [-0.05, 0) is 45.2 Å². The van der Waals surface area contributed by atoms with Crippen LogP contribution in [0.1, 0.15) is 59.1 Å². The van der Waals surface area contributed by atoms with Crippen LogP contribution < -0.4 is 5.32 Å². The molecule has 0 aliphatic rings. The molecule has 0 radical (unpaired) electrons. The van der Waals surface area contributed by atoms with Gasteiger partial charge in [0.05, 0.1) is 6.33 Å². The number of hydrogen-bond donors (Lipinski definition) is 1. The lowest BCUT2D eigenvalue weighted by Crippen LogP contribution is -2.12. The van der Waals surface area contributed by atoms with E-state index in [-0.39, 0.29) is 0 Å². The van der Waals surface area contributed by atoms with E-state index in [0.717, 1.165) is 17.0 Å². The Morgan fingerprint density at radius 1 is 1.11 bits per heavy atom. The maximum Gasteiger partial charge on any atom is 0.162 e. The maximum absolute atomic E-state index is 4.73. The predicted molar refractivity (Wildman–Crippen MR) is 80.8 cm³/mol. The number of imidazole rings is 1. The molecule has 0 amide bonds. The lowest BCUT2D eigenvalue weighted by atomic mass is 10.0. The number of nitrogens with zero attached hydrogens (tertiary/aromatic N) is 3. The van der Waals surface area contributed by atoms with Crippen LogP contribution in [0.2, 0.25) is 0 Å². The van der Waals surface area contributed by atoms with Gasteiger partial charge in [0.15, 0.2) is 5.65 Å². The largest absolute Gasteiger partial charge is 0.368 e. The highest BCUT2D eigenvalue weighted by Crippen LogP contribution is 2.27. The minimum Gasteiger partial charge on any atom is -0.368 e. The molecule has 0 aliphatic carbocycles. The molecular formula is C15H24N4. The molecule has 19 heavy (non-hydrogen) atoms. The van der Waals surface area contributed by atoms with Crippen molar-refractivity contribution >= 4 is 17.0 Å². The zero-order valence-electron chi connectivity index (χ0n) is 12.7. The summed E-state index contributed by atoms with van der Waals surface area (Å²) in [5, 5.41) is 3.40. The third-order valence-corrected chi connectivity index (χ3v) is 3.17. The summed E-state index contributed by atoms with van der Waals surface area (Å²) in [5.41, 5.74) is 3.26. The quantitative estimate of drug-likeness (QED) is 0.905. The molecule has 0 atom stereocenters. The average molecular weight is 260 g/mol. The number of rotatable bonds is 4. The van der Waals surface area contributed by atoms with Crippen LogP contribution in [0.3, 0.4) is 0 Å². The van der Waals surface area contributed by atoms with Crippen molar-refractivity contribution in [3.63, 3.8) is 0 Å². The first-order chi connectivity index (χ1) is 8.90. The molecule has 4 heteroatoms. The summed E-state index contributed by atoms with van der Waals surface area (Å²) in [4.78, 5) is 9.28. The van der Waals surface area contributed by atoms with E-state index in [9.17, 15) is 0 Å².